The number of benzene rings is 3. The molecule has 1 fully saturated rings. The Bertz CT molecular complexity index is 1220. The molecular weight excluding hydrogens is 482 g/mol. The first-order chi connectivity index (χ1) is 18.8. The number of rotatable bonds is 11. The number of hydrogen-bond donors (Lipinski definition) is 0. The maximum atomic E-state index is 13.9. The predicted octanol–water partition coefficient (Wildman–Crippen LogP) is 7.86. The van der Waals surface area contributed by atoms with Crippen molar-refractivity contribution in [2.45, 2.75) is 65.4 Å². The third-order valence-electron chi connectivity index (χ3n) is 7.04. The summed E-state index contributed by atoms with van der Waals surface area (Å²) in [6.45, 7) is 12.2. The van der Waals surface area contributed by atoms with Crippen LogP contribution in [0.2, 0.25) is 0 Å². The maximum Gasteiger partial charge on any atom is 0.168 e. The molecule has 3 aromatic carbocycles. The van der Waals surface area contributed by atoms with Gasteiger partial charge in [-0.15, -0.1) is 0 Å². The molecule has 0 spiro atoms. The van der Waals surface area contributed by atoms with Crippen LogP contribution in [0, 0.1) is 0 Å². The molecule has 1 saturated heterocycles. The molecular formula is C35H43NO3. The Hall–Kier alpha value is -3.37. The highest BCUT2D eigenvalue weighted by Gasteiger charge is 2.20. The molecule has 39 heavy (non-hydrogen) atoms. The van der Waals surface area contributed by atoms with Gasteiger partial charge in [-0.05, 0) is 99.7 Å². The van der Waals surface area contributed by atoms with E-state index in [0.29, 0.717) is 13.0 Å². The molecule has 0 saturated carbocycles. The van der Waals surface area contributed by atoms with Crippen LogP contribution >= 0.6 is 0 Å². The average Bonchev–Trinajstić information content (AvgIpc) is 2.93. The van der Waals surface area contributed by atoms with Gasteiger partial charge in [0, 0.05) is 18.5 Å². The summed E-state index contributed by atoms with van der Waals surface area (Å²) in [6, 6.07) is 26.2. The van der Waals surface area contributed by atoms with Crippen LogP contribution in [0.25, 0.3) is 11.1 Å². The van der Waals surface area contributed by atoms with Gasteiger partial charge in [-0.2, -0.15) is 0 Å². The zero-order chi connectivity index (χ0) is 27.7. The molecule has 4 heteroatoms. The molecule has 4 rings (SSSR count). The molecule has 4 nitrogen and oxygen atoms in total. The molecule has 0 N–H and O–H groups in total. The molecule has 0 bridgehead atoms. The summed E-state index contributed by atoms with van der Waals surface area (Å²) in [6.07, 6.45) is 5.02. The van der Waals surface area contributed by atoms with Crippen LogP contribution in [-0.2, 0) is 11.2 Å². The SMILES string of the molecule is CC/C(=C(\C(=O)Cc1ccc(OCCN2CCCCC2)cc1)c1ccc(OC(C)(C)C)cc1)c1ccccc1. The van der Waals surface area contributed by atoms with Crippen LogP contribution in [0.3, 0.4) is 0 Å². The number of carbonyl (C=O) groups is 1. The Morgan fingerprint density at radius 3 is 2.05 bits per heavy atom. The van der Waals surface area contributed by atoms with Gasteiger partial charge < -0.3 is 9.47 Å². The van der Waals surface area contributed by atoms with Crippen molar-refractivity contribution in [3.63, 3.8) is 0 Å². The molecule has 0 aliphatic carbocycles. The summed E-state index contributed by atoms with van der Waals surface area (Å²) in [5.41, 5.74) is 4.53. The van der Waals surface area contributed by atoms with E-state index < -0.39 is 0 Å². The third kappa shape index (κ3) is 8.56. The first-order valence-electron chi connectivity index (χ1n) is 14.4. The molecule has 0 amide bonds. The topological polar surface area (TPSA) is 38.8 Å². The van der Waals surface area contributed by atoms with E-state index in [9.17, 15) is 4.79 Å². The fourth-order valence-corrected chi connectivity index (χ4v) is 5.16. The Morgan fingerprint density at radius 2 is 1.44 bits per heavy atom. The van der Waals surface area contributed by atoms with Crippen LogP contribution in [-0.4, -0.2) is 42.5 Å². The molecule has 206 valence electrons. The van der Waals surface area contributed by atoms with Crippen molar-refractivity contribution >= 4 is 16.9 Å². The van der Waals surface area contributed by atoms with Gasteiger partial charge in [0.05, 0.1) is 0 Å². The largest absolute Gasteiger partial charge is 0.492 e. The van der Waals surface area contributed by atoms with E-state index in [1.165, 1.54) is 32.4 Å². The number of carbonyl (C=O) groups excluding carboxylic acids is 1. The highest BCUT2D eigenvalue weighted by Crippen LogP contribution is 2.32. The quantitative estimate of drug-likeness (QED) is 0.189. The summed E-state index contributed by atoms with van der Waals surface area (Å²) >= 11 is 0. The average molecular weight is 526 g/mol. The molecule has 0 unspecified atom stereocenters. The molecule has 0 aromatic heterocycles. The van der Waals surface area contributed by atoms with E-state index >= 15 is 0 Å². The van der Waals surface area contributed by atoms with Crippen LogP contribution < -0.4 is 9.47 Å². The summed E-state index contributed by atoms with van der Waals surface area (Å²) in [4.78, 5) is 16.4. The van der Waals surface area contributed by atoms with Crippen molar-refractivity contribution in [2.24, 2.45) is 0 Å². The van der Waals surface area contributed by atoms with E-state index in [4.69, 9.17) is 9.47 Å². The second-order valence-corrected chi connectivity index (χ2v) is 11.3. The van der Waals surface area contributed by atoms with Crippen LogP contribution in [0.1, 0.15) is 70.1 Å². The van der Waals surface area contributed by atoms with Gasteiger partial charge in [0.25, 0.3) is 0 Å². The fraction of sp³-hybridized carbons (Fsp3) is 0.400. The zero-order valence-corrected chi connectivity index (χ0v) is 24.0. The number of nitrogens with zero attached hydrogens (tertiary/aromatic N) is 1. The number of hydrogen-bond acceptors (Lipinski definition) is 4. The Kier molecular flexibility index (Phi) is 10.00. The van der Waals surface area contributed by atoms with Crippen LogP contribution in [0.15, 0.2) is 78.9 Å². The molecule has 3 aromatic rings. The van der Waals surface area contributed by atoms with E-state index in [2.05, 4.69) is 24.0 Å². The lowest BCUT2D eigenvalue weighted by atomic mass is 9.88. The van der Waals surface area contributed by atoms with Gasteiger partial charge in [-0.3, -0.25) is 9.69 Å². The van der Waals surface area contributed by atoms with Crippen LogP contribution in [0.5, 0.6) is 11.5 Å². The van der Waals surface area contributed by atoms with E-state index in [1.807, 2.05) is 87.5 Å². The van der Waals surface area contributed by atoms with E-state index in [-0.39, 0.29) is 11.4 Å². The molecule has 1 aliphatic rings. The Morgan fingerprint density at radius 1 is 0.795 bits per heavy atom. The number of ether oxygens (including phenoxy) is 2. The van der Waals surface area contributed by atoms with Gasteiger partial charge in [-0.1, -0.05) is 67.9 Å². The summed E-state index contributed by atoms with van der Waals surface area (Å²) in [5.74, 6) is 1.76. The lowest BCUT2D eigenvalue weighted by molar-refractivity contribution is -0.113. The second kappa shape index (κ2) is 13.6. The van der Waals surface area contributed by atoms with Crippen molar-refractivity contribution in [3.05, 3.63) is 95.6 Å². The van der Waals surface area contributed by atoms with Gasteiger partial charge >= 0.3 is 0 Å². The third-order valence-corrected chi connectivity index (χ3v) is 7.04. The Labute approximate surface area is 234 Å². The van der Waals surface area contributed by atoms with Gasteiger partial charge in [-0.25, -0.2) is 0 Å². The van der Waals surface area contributed by atoms with E-state index in [1.54, 1.807) is 0 Å². The number of piperidine rings is 1. The first-order valence-corrected chi connectivity index (χ1v) is 14.4. The molecule has 0 atom stereocenters. The first kappa shape index (κ1) is 28.6. The second-order valence-electron chi connectivity index (χ2n) is 11.3. The van der Waals surface area contributed by atoms with Gasteiger partial charge in [0.15, 0.2) is 5.78 Å². The zero-order valence-electron chi connectivity index (χ0n) is 24.0. The fourth-order valence-electron chi connectivity index (χ4n) is 5.16. The summed E-state index contributed by atoms with van der Waals surface area (Å²) in [5, 5.41) is 0. The molecule has 1 aliphatic heterocycles. The minimum Gasteiger partial charge on any atom is -0.492 e. The van der Waals surface area contributed by atoms with Crippen molar-refractivity contribution in [2.75, 3.05) is 26.2 Å². The smallest absolute Gasteiger partial charge is 0.168 e. The molecule has 1 heterocycles. The van der Waals surface area contributed by atoms with Crippen molar-refractivity contribution in [1.29, 1.82) is 0 Å². The summed E-state index contributed by atoms with van der Waals surface area (Å²) < 4.78 is 12.0. The minimum absolute atomic E-state index is 0.110. The monoisotopic (exact) mass is 525 g/mol. The van der Waals surface area contributed by atoms with Gasteiger partial charge in [0.2, 0.25) is 0 Å². The normalized spacial score (nSPS) is 15.0. The van der Waals surface area contributed by atoms with Crippen LogP contribution in [0.4, 0.5) is 0 Å². The lowest BCUT2D eigenvalue weighted by Gasteiger charge is -2.26. The highest BCUT2D eigenvalue weighted by atomic mass is 16.5. The highest BCUT2D eigenvalue weighted by molar-refractivity contribution is 6.28. The number of likely N-dealkylation sites (tertiary alicyclic amines) is 1. The maximum absolute atomic E-state index is 13.9. The van der Waals surface area contributed by atoms with Gasteiger partial charge in [0.1, 0.15) is 23.7 Å². The number of Topliss-reactive ketones (excluding diaryl/α,β-unsaturated/α-hetero) is 1. The summed E-state index contributed by atoms with van der Waals surface area (Å²) in [7, 11) is 0. The predicted molar refractivity (Wildman–Crippen MR) is 161 cm³/mol. The number of allylic oxidation sites excluding steroid dienone is 2. The van der Waals surface area contributed by atoms with Crippen molar-refractivity contribution in [3.8, 4) is 11.5 Å². The van der Waals surface area contributed by atoms with Crippen molar-refractivity contribution in [1.82, 2.24) is 4.90 Å². The molecule has 0 radical (unpaired) electrons. The number of ketones is 1. The minimum atomic E-state index is -0.280. The Balaban J connectivity index is 1.51. The van der Waals surface area contributed by atoms with Crippen molar-refractivity contribution < 1.29 is 14.3 Å². The standard InChI is InChI=1S/C35H43NO3/c1-5-32(28-12-8-6-9-13-28)34(29-16-20-31(21-17-29)39-35(2,3)4)33(37)26-27-14-18-30(19-15-27)38-25-24-36-22-10-7-11-23-36/h6,8-9,12-21H,5,7,10-11,22-26H2,1-4H3/b34-32+. The lowest BCUT2D eigenvalue weighted by Crippen LogP contribution is -2.33. The van der Waals surface area contributed by atoms with E-state index in [0.717, 1.165) is 52.3 Å².